The molecule has 0 aliphatic carbocycles. The van der Waals surface area contributed by atoms with Crippen molar-refractivity contribution in [2.75, 3.05) is 18.5 Å². The van der Waals surface area contributed by atoms with Gasteiger partial charge in [0.05, 0.1) is 13.2 Å². The van der Waals surface area contributed by atoms with E-state index in [0.717, 1.165) is 5.56 Å². The van der Waals surface area contributed by atoms with Crippen LogP contribution in [-0.4, -0.2) is 40.0 Å². The molecule has 0 radical (unpaired) electrons. The molecular weight excluding hydrogens is 426 g/mol. The second kappa shape index (κ2) is 11.0. The lowest BCUT2D eigenvalue weighted by molar-refractivity contribution is -0.119. The molecule has 0 saturated heterocycles. The van der Waals surface area contributed by atoms with Gasteiger partial charge >= 0.3 is 5.97 Å². The summed E-state index contributed by atoms with van der Waals surface area (Å²) in [6.45, 7) is 6.85. The summed E-state index contributed by atoms with van der Waals surface area (Å²) in [5, 5.41) is 15.9. The molecule has 1 heterocycles. The van der Waals surface area contributed by atoms with Crippen LogP contribution in [0.15, 0.2) is 54.7 Å². The number of hydrogen-bond acceptors (Lipinski definition) is 6. The van der Waals surface area contributed by atoms with Gasteiger partial charge in [-0.1, -0.05) is 6.07 Å². The molecule has 1 unspecified atom stereocenters. The maximum atomic E-state index is 12.5. The van der Waals surface area contributed by atoms with Crippen molar-refractivity contribution in [1.29, 1.82) is 0 Å². The van der Waals surface area contributed by atoms with Crippen LogP contribution in [0.3, 0.4) is 0 Å². The monoisotopic (exact) mass is 453 g/mol. The fourth-order valence-electron chi connectivity index (χ4n) is 3.14. The van der Waals surface area contributed by atoms with E-state index < -0.39 is 12.0 Å². The summed E-state index contributed by atoms with van der Waals surface area (Å²) >= 11 is 0. The number of ether oxygens (including phenoxy) is 3. The van der Waals surface area contributed by atoms with E-state index >= 15 is 0 Å². The predicted octanol–water partition coefficient (Wildman–Crippen LogP) is 4.16. The topological polar surface area (TPSA) is 112 Å². The Labute approximate surface area is 191 Å². The van der Waals surface area contributed by atoms with Crippen LogP contribution in [0.5, 0.6) is 17.2 Å². The molecule has 1 amide bonds. The molecular formula is C24H27N3O6. The lowest BCUT2D eigenvalue weighted by Crippen LogP contribution is -2.26. The second-order valence-corrected chi connectivity index (χ2v) is 7.09. The maximum Gasteiger partial charge on any atom is 0.354 e. The molecule has 1 aromatic heterocycles. The summed E-state index contributed by atoms with van der Waals surface area (Å²) in [4.78, 5) is 23.8. The number of nitrogens with one attached hydrogen (secondary N) is 1. The normalized spacial score (nSPS) is 11.5. The Morgan fingerprint density at radius 3 is 2.36 bits per heavy atom. The van der Waals surface area contributed by atoms with E-state index in [1.165, 1.54) is 16.9 Å². The lowest BCUT2D eigenvalue weighted by atomic mass is 10.2. The van der Waals surface area contributed by atoms with Gasteiger partial charge < -0.3 is 24.6 Å². The largest absolute Gasteiger partial charge is 0.490 e. The number of carboxylic acid groups (broad SMARTS) is 1. The average Bonchev–Trinajstić information content (AvgIpc) is 3.30. The van der Waals surface area contributed by atoms with Crippen molar-refractivity contribution in [3.63, 3.8) is 0 Å². The average molecular weight is 453 g/mol. The zero-order chi connectivity index (χ0) is 23.8. The van der Waals surface area contributed by atoms with Gasteiger partial charge in [-0.2, -0.15) is 5.10 Å². The Kier molecular flexibility index (Phi) is 7.91. The van der Waals surface area contributed by atoms with Crippen molar-refractivity contribution >= 4 is 17.6 Å². The van der Waals surface area contributed by atoms with Gasteiger partial charge in [-0.05, 0) is 68.8 Å². The smallest absolute Gasteiger partial charge is 0.354 e. The standard InChI is InChI=1S/C24H27N3O6/c1-4-31-21-11-6-17(14-22(21)32-5-2)15-33-19-9-7-18(8-10-19)26-23(28)16(3)27-20(24(29)30)12-13-25-27/h6-14,16H,4-5,15H2,1-3H3,(H,26,28)(H,29,30). The van der Waals surface area contributed by atoms with Crippen molar-refractivity contribution in [3.8, 4) is 17.2 Å². The Bertz CT molecular complexity index is 1090. The highest BCUT2D eigenvalue weighted by molar-refractivity contribution is 5.94. The molecule has 3 aromatic rings. The van der Waals surface area contributed by atoms with Crippen LogP contribution < -0.4 is 19.5 Å². The predicted molar refractivity (Wildman–Crippen MR) is 122 cm³/mol. The van der Waals surface area contributed by atoms with Crippen LogP contribution in [0.2, 0.25) is 0 Å². The number of carboxylic acids is 1. The van der Waals surface area contributed by atoms with Gasteiger partial charge in [0, 0.05) is 11.9 Å². The number of carbonyl (C=O) groups is 2. The summed E-state index contributed by atoms with van der Waals surface area (Å²) in [7, 11) is 0. The molecule has 0 aliphatic heterocycles. The Hall–Kier alpha value is -4.01. The lowest BCUT2D eigenvalue weighted by Gasteiger charge is -2.15. The molecule has 1 atom stereocenters. The highest BCUT2D eigenvalue weighted by Crippen LogP contribution is 2.29. The Morgan fingerprint density at radius 1 is 1.00 bits per heavy atom. The van der Waals surface area contributed by atoms with Crippen molar-refractivity contribution in [3.05, 3.63) is 66.0 Å². The number of hydrogen-bond donors (Lipinski definition) is 2. The summed E-state index contributed by atoms with van der Waals surface area (Å²) < 4.78 is 18.2. The SMILES string of the molecule is CCOc1ccc(COc2ccc(NC(=O)C(C)n3nccc3C(=O)O)cc2)cc1OCC. The zero-order valence-corrected chi connectivity index (χ0v) is 18.8. The van der Waals surface area contributed by atoms with Gasteiger partial charge in [-0.3, -0.25) is 4.79 Å². The quantitative estimate of drug-likeness (QED) is 0.448. The molecule has 0 aliphatic rings. The number of amides is 1. The number of anilines is 1. The minimum Gasteiger partial charge on any atom is -0.490 e. The molecule has 2 N–H and O–H groups in total. The summed E-state index contributed by atoms with van der Waals surface area (Å²) in [6.07, 6.45) is 1.35. The van der Waals surface area contributed by atoms with E-state index in [1.54, 1.807) is 31.2 Å². The molecule has 9 nitrogen and oxygen atoms in total. The first-order valence-electron chi connectivity index (χ1n) is 10.6. The molecule has 0 saturated carbocycles. The third-order valence-electron chi connectivity index (χ3n) is 4.77. The van der Waals surface area contributed by atoms with Crippen LogP contribution in [-0.2, 0) is 11.4 Å². The van der Waals surface area contributed by atoms with E-state index in [1.807, 2.05) is 32.0 Å². The first-order valence-corrected chi connectivity index (χ1v) is 10.6. The first-order chi connectivity index (χ1) is 15.9. The van der Waals surface area contributed by atoms with Crippen molar-refractivity contribution in [1.82, 2.24) is 9.78 Å². The van der Waals surface area contributed by atoms with Gasteiger partial charge in [0.25, 0.3) is 0 Å². The van der Waals surface area contributed by atoms with Crippen LogP contribution in [0, 0.1) is 0 Å². The number of nitrogens with zero attached hydrogens (tertiary/aromatic N) is 2. The third-order valence-corrected chi connectivity index (χ3v) is 4.77. The third kappa shape index (κ3) is 6.03. The summed E-state index contributed by atoms with van der Waals surface area (Å²) in [5.74, 6) is 0.481. The minimum absolute atomic E-state index is 0.0526. The van der Waals surface area contributed by atoms with Gasteiger partial charge in [-0.15, -0.1) is 0 Å². The minimum atomic E-state index is -1.14. The van der Waals surface area contributed by atoms with Crippen LogP contribution >= 0.6 is 0 Å². The summed E-state index contributed by atoms with van der Waals surface area (Å²) in [5.41, 5.74) is 1.44. The Morgan fingerprint density at radius 2 is 1.70 bits per heavy atom. The molecule has 0 fully saturated rings. The molecule has 0 bridgehead atoms. The van der Waals surface area contributed by atoms with E-state index in [4.69, 9.17) is 14.2 Å². The van der Waals surface area contributed by atoms with E-state index in [-0.39, 0.29) is 11.6 Å². The van der Waals surface area contributed by atoms with Gasteiger partial charge in [0.1, 0.15) is 24.1 Å². The molecule has 3 rings (SSSR count). The highest BCUT2D eigenvalue weighted by atomic mass is 16.5. The molecule has 174 valence electrons. The van der Waals surface area contributed by atoms with Gasteiger partial charge in [0.2, 0.25) is 5.91 Å². The van der Waals surface area contributed by atoms with Crippen LogP contribution in [0.25, 0.3) is 0 Å². The van der Waals surface area contributed by atoms with Crippen molar-refractivity contribution in [2.24, 2.45) is 0 Å². The highest BCUT2D eigenvalue weighted by Gasteiger charge is 2.21. The molecule has 0 spiro atoms. The van der Waals surface area contributed by atoms with Gasteiger partial charge in [0.15, 0.2) is 11.5 Å². The molecule has 9 heteroatoms. The molecule has 2 aromatic carbocycles. The first kappa shape index (κ1) is 23.6. The zero-order valence-electron chi connectivity index (χ0n) is 18.8. The van der Waals surface area contributed by atoms with E-state index in [2.05, 4.69) is 10.4 Å². The van der Waals surface area contributed by atoms with E-state index in [9.17, 15) is 14.7 Å². The number of carbonyl (C=O) groups excluding carboxylic acids is 1. The van der Waals surface area contributed by atoms with Crippen molar-refractivity contribution in [2.45, 2.75) is 33.4 Å². The fraction of sp³-hybridized carbons (Fsp3) is 0.292. The number of rotatable bonds is 11. The van der Waals surface area contributed by atoms with Crippen LogP contribution in [0.1, 0.15) is 42.9 Å². The number of aromatic carboxylic acids is 1. The maximum absolute atomic E-state index is 12.5. The Balaban J connectivity index is 1.59. The van der Waals surface area contributed by atoms with Crippen LogP contribution in [0.4, 0.5) is 5.69 Å². The van der Waals surface area contributed by atoms with E-state index in [0.29, 0.717) is 42.8 Å². The number of aromatic nitrogens is 2. The second-order valence-electron chi connectivity index (χ2n) is 7.09. The van der Waals surface area contributed by atoms with Gasteiger partial charge in [-0.25, -0.2) is 9.48 Å². The number of benzene rings is 2. The summed E-state index contributed by atoms with van der Waals surface area (Å²) in [6, 6.07) is 13.2. The molecule has 33 heavy (non-hydrogen) atoms. The fourth-order valence-corrected chi connectivity index (χ4v) is 3.14. The van der Waals surface area contributed by atoms with Crippen molar-refractivity contribution < 1.29 is 28.9 Å².